The molecule has 1 aromatic carbocycles. The van der Waals surface area contributed by atoms with E-state index in [-0.39, 0.29) is 22.2 Å². The van der Waals surface area contributed by atoms with Gasteiger partial charge in [-0.05, 0) is 37.0 Å². The maximum absolute atomic E-state index is 11.5. The number of nitro groups is 1. The van der Waals surface area contributed by atoms with Gasteiger partial charge in [0.1, 0.15) is 5.75 Å². The van der Waals surface area contributed by atoms with Crippen LogP contribution < -0.4 is 4.74 Å². The quantitative estimate of drug-likeness (QED) is 0.430. The lowest BCUT2D eigenvalue weighted by Gasteiger charge is -2.45. The van der Waals surface area contributed by atoms with Crippen molar-refractivity contribution >= 4 is 0 Å². The molecule has 0 bridgehead atoms. The average Bonchev–Trinajstić information content (AvgIpc) is 2.61. The lowest BCUT2D eigenvalue weighted by atomic mass is 9.60. The maximum Gasteiger partial charge on any atom is 0.223 e. The molecule has 4 atom stereocenters. The summed E-state index contributed by atoms with van der Waals surface area (Å²) >= 11 is 0. The van der Waals surface area contributed by atoms with E-state index in [1.807, 2.05) is 30.3 Å². The molecule has 0 aromatic heterocycles. The fourth-order valence-corrected chi connectivity index (χ4v) is 4.44. The number of allylic oxidation sites excluding steroid dienone is 2. The second kappa shape index (κ2) is 7.62. The van der Waals surface area contributed by atoms with Crippen molar-refractivity contribution in [3.05, 3.63) is 63.7 Å². The van der Waals surface area contributed by atoms with Gasteiger partial charge in [0, 0.05) is 16.8 Å². The van der Waals surface area contributed by atoms with Crippen molar-refractivity contribution in [2.75, 3.05) is 13.7 Å². The first kappa shape index (κ1) is 18.6. The molecule has 0 fully saturated rings. The summed E-state index contributed by atoms with van der Waals surface area (Å²) in [5.74, 6) is 0.930. The van der Waals surface area contributed by atoms with E-state index in [0.717, 1.165) is 17.7 Å². The Bertz CT molecular complexity index is 709. The van der Waals surface area contributed by atoms with Crippen LogP contribution >= 0.6 is 0 Å². The number of methoxy groups -OCH3 is 1. The van der Waals surface area contributed by atoms with Crippen molar-refractivity contribution in [2.45, 2.75) is 39.3 Å². The number of fused-ring (bicyclic) bond motifs is 1. The molecule has 0 aliphatic heterocycles. The Morgan fingerprint density at radius 1 is 1.31 bits per heavy atom. The van der Waals surface area contributed by atoms with Crippen molar-refractivity contribution in [1.82, 2.24) is 0 Å². The Labute approximate surface area is 154 Å². The molecule has 1 aromatic rings. The Hall–Kier alpha value is -2.14. The standard InChI is InChI=1S/C21H27NO4/c1-15-11-18-19(5-4-6-20(18)22(23)24)21(2,12-15)14-26-13-16-7-9-17(25-3)10-8-16/h4-5,7-11,18-20H,6,12-14H2,1-3H3/t18-,19+,20-,21-/m1/s1. The van der Waals surface area contributed by atoms with E-state index in [4.69, 9.17) is 9.47 Å². The van der Waals surface area contributed by atoms with Crippen LogP contribution in [0.4, 0.5) is 0 Å². The number of hydrogen-bond acceptors (Lipinski definition) is 4. The van der Waals surface area contributed by atoms with E-state index in [2.05, 4.69) is 26.0 Å². The highest BCUT2D eigenvalue weighted by molar-refractivity contribution is 5.27. The van der Waals surface area contributed by atoms with Crippen LogP contribution in [0.25, 0.3) is 0 Å². The van der Waals surface area contributed by atoms with Gasteiger partial charge >= 0.3 is 0 Å². The highest BCUT2D eigenvalue weighted by Crippen LogP contribution is 2.48. The first-order valence-corrected chi connectivity index (χ1v) is 9.11. The highest BCUT2D eigenvalue weighted by atomic mass is 16.6. The van der Waals surface area contributed by atoms with E-state index in [9.17, 15) is 10.1 Å². The summed E-state index contributed by atoms with van der Waals surface area (Å²) in [6.45, 7) is 5.39. The summed E-state index contributed by atoms with van der Waals surface area (Å²) in [6, 6.07) is 7.32. The van der Waals surface area contributed by atoms with Crippen LogP contribution in [0.2, 0.25) is 0 Å². The SMILES string of the molecule is COc1ccc(COC[C@@]2(C)CC(C)=C[C@H]3[C@H]([N+](=O)[O-])CC=C[C@@H]32)cc1. The van der Waals surface area contributed by atoms with Crippen LogP contribution in [0, 0.1) is 27.4 Å². The second-order valence-electron chi connectivity index (χ2n) is 7.80. The third kappa shape index (κ3) is 3.83. The first-order chi connectivity index (χ1) is 12.4. The molecule has 2 aliphatic rings. The van der Waals surface area contributed by atoms with E-state index in [1.165, 1.54) is 5.57 Å². The second-order valence-corrected chi connectivity index (χ2v) is 7.80. The molecule has 2 aliphatic carbocycles. The molecular formula is C21H27NO4. The van der Waals surface area contributed by atoms with Crippen LogP contribution in [0.3, 0.4) is 0 Å². The van der Waals surface area contributed by atoms with Gasteiger partial charge < -0.3 is 9.47 Å². The summed E-state index contributed by atoms with van der Waals surface area (Å²) in [5, 5.41) is 11.5. The van der Waals surface area contributed by atoms with Gasteiger partial charge in [0.25, 0.3) is 0 Å². The van der Waals surface area contributed by atoms with Crippen LogP contribution in [-0.4, -0.2) is 24.7 Å². The third-order valence-electron chi connectivity index (χ3n) is 5.67. The average molecular weight is 357 g/mol. The Kier molecular flexibility index (Phi) is 5.47. The summed E-state index contributed by atoms with van der Waals surface area (Å²) < 4.78 is 11.2. The molecule has 0 N–H and O–H groups in total. The molecule has 0 spiro atoms. The Balaban J connectivity index is 1.69. The first-order valence-electron chi connectivity index (χ1n) is 9.11. The topological polar surface area (TPSA) is 61.6 Å². The predicted octanol–water partition coefficient (Wildman–Crippen LogP) is 4.41. The molecule has 0 radical (unpaired) electrons. The maximum atomic E-state index is 11.5. The van der Waals surface area contributed by atoms with Gasteiger partial charge in [-0.3, -0.25) is 10.1 Å². The monoisotopic (exact) mass is 357 g/mol. The summed E-state index contributed by atoms with van der Waals surface area (Å²) in [4.78, 5) is 11.4. The molecule has 0 heterocycles. The molecule has 26 heavy (non-hydrogen) atoms. The zero-order valence-electron chi connectivity index (χ0n) is 15.7. The van der Waals surface area contributed by atoms with Gasteiger partial charge in [0.15, 0.2) is 0 Å². The van der Waals surface area contributed by atoms with Gasteiger partial charge in [-0.15, -0.1) is 0 Å². The minimum absolute atomic E-state index is 0.0432. The number of ether oxygens (including phenoxy) is 2. The predicted molar refractivity (Wildman–Crippen MR) is 101 cm³/mol. The van der Waals surface area contributed by atoms with Gasteiger partial charge in [0.2, 0.25) is 6.04 Å². The summed E-state index contributed by atoms with van der Waals surface area (Å²) in [7, 11) is 1.65. The molecule has 0 amide bonds. The highest BCUT2D eigenvalue weighted by Gasteiger charge is 2.48. The number of hydrogen-bond donors (Lipinski definition) is 0. The van der Waals surface area contributed by atoms with E-state index < -0.39 is 6.04 Å². The molecule has 0 saturated heterocycles. The minimum atomic E-state index is -0.527. The van der Waals surface area contributed by atoms with Crippen molar-refractivity contribution in [3.8, 4) is 5.75 Å². The van der Waals surface area contributed by atoms with Crippen molar-refractivity contribution < 1.29 is 14.4 Å². The third-order valence-corrected chi connectivity index (χ3v) is 5.67. The number of nitrogens with zero attached hydrogens (tertiary/aromatic N) is 1. The lowest BCUT2D eigenvalue weighted by molar-refractivity contribution is -0.532. The molecule has 0 unspecified atom stereocenters. The van der Waals surface area contributed by atoms with Crippen LogP contribution in [-0.2, 0) is 11.3 Å². The molecule has 5 heteroatoms. The van der Waals surface area contributed by atoms with Crippen LogP contribution in [0.1, 0.15) is 32.3 Å². The molecule has 3 rings (SSSR count). The van der Waals surface area contributed by atoms with Gasteiger partial charge in [-0.2, -0.15) is 0 Å². The van der Waals surface area contributed by atoms with Gasteiger partial charge in [-0.1, -0.05) is 42.9 Å². The van der Waals surface area contributed by atoms with Gasteiger partial charge in [-0.25, -0.2) is 0 Å². The number of rotatable bonds is 6. The lowest BCUT2D eigenvalue weighted by Crippen LogP contribution is -2.46. The summed E-state index contributed by atoms with van der Waals surface area (Å²) in [6.07, 6.45) is 7.69. The minimum Gasteiger partial charge on any atom is -0.497 e. The Morgan fingerprint density at radius 2 is 2.04 bits per heavy atom. The van der Waals surface area contributed by atoms with Crippen LogP contribution in [0.5, 0.6) is 5.75 Å². The normalized spacial score (nSPS) is 30.4. The van der Waals surface area contributed by atoms with Crippen LogP contribution in [0.15, 0.2) is 48.1 Å². The van der Waals surface area contributed by atoms with Crippen molar-refractivity contribution in [2.24, 2.45) is 17.3 Å². The Morgan fingerprint density at radius 3 is 2.69 bits per heavy atom. The smallest absolute Gasteiger partial charge is 0.223 e. The molecule has 140 valence electrons. The molecular weight excluding hydrogens is 330 g/mol. The largest absolute Gasteiger partial charge is 0.497 e. The fraction of sp³-hybridized carbons (Fsp3) is 0.524. The number of benzene rings is 1. The molecule has 5 nitrogen and oxygen atoms in total. The fourth-order valence-electron chi connectivity index (χ4n) is 4.44. The van der Waals surface area contributed by atoms with E-state index in [1.54, 1.807) is 7.11 Å². The van der Waals surface area contributed by atoms with Crippen molar-refractivity contribution in [1.29, 1.82) is 0 Å². The van der Waals surface area contributed by atoms with E-state index in [0.29, 0.717) is 19.6 Å². The van der Waals surface area contributed by atoms with Crippen molar-refractivity contribution in [3.63, 3.8) is 0 Å². The zero-order chi connectivity index (χ0) is 18.7. The zero-order valence-corrected chi connectivity index (χ0v) is 15.7. The van der Waals surface area contributed by atoms with E-state index >= 15 is 0 Å². The molecule has 0 saturated carbocycles. The summed E-state index contributed by atoms with van der Waals surface area (Å²) in [5.41, 5.74) is 2.20. The van der Waals surface area contributed by atoms with Gasteiger partial charge in [0.05, 0.1) is 26.2 Å².